The topological polar surface area (TPSA) is 102 Å². The van der Waals surface area contributed by atoms with Gasteiger partial charge in [-0.05, 0) is 32.0 Å². The van der Waals surface area contributed by atoms with Gasteiger partial charge in [0.25, 0.3) is 5.69 Å². The normalized spacial score (nSPS) is 18.9. The van der Waals surface area contributed by atoms with E-state index in [1.807, 2.05) is 11.9 Å². The molecule has 1 aliphatic rings. The van der Waals surface area contributed by atoms with E-state index < -0.39 is 10.8 Å². The van der Waals surface area contributed by atoms with Crippen LogP contribution in [0.2, 0.25) is 0 Å². The third-order valence-electron chi connectivity index (χ3n) is 3.63. The number of anilines is 1. The number of piperidine rings is 1. The lowest BCUT2D eigenvalue weighted by Gasteiger charge is -2.33. The van der Waals surface area contributed by atoms with Gasteiger partial charge in [0.2, 0.25) is 5.91 Å². The zero-order chi connectivity index (χ0) is 14.7. The maximum Gasteiger partial charge on any atom is 0.293 e. The van der Waals surface area contributed by atoms with Crippen molar-refractivity contribution in [3.8, 4) is 0 Å². The number of nitro benzene ring substituents is 1. The summed E-state index contributed by atoms with van der Waals surface area (Å²) in [5.74, 6) is -0.661. The second-order valence-corrected chi connectivity index (χ2v) is 4.90. The first-order valence-electron chi connectivity index (χ1n) is 6.53. The average molecular weight is 278 g/mol. The lowest BCUT2D eigenvalue weighted by molar-refractivity contribution is -0.384. The van der Waals surface area contributed by atoms with Crippen molar-refractivity contribution in [2.45, 2.75) is 18.9 Å². The highest BCUT2D eigenvalue weighted by atomic mass is 16.6. The molecule has 0 aromatic heterocycles. The Balaban J connectivity index is 2.35. The van der Waals surface area contributed by atoms with Gasteiger partial charge in [-0.3, -0.25) is 14.9 Å². The summed E-state index contributed by atoms with van der Waals surface area (Å²) >= 11 is 0. The molecule has 1 atom stereocenters. The van der Waals surface area contributed by atoms with Crippen LogP contribution in [0.5, 0.6) is 0 Å². The van der Waals surface area contributed by atoms with Crippen molar-refractivity contribution in [1.29, 1.82) is 0 Å². The minimum atomic E-state index is -0.661. The number of benzene rings is 1. The Morgan fingerprint density at radius 2 is 2.30 bits per heavy atom. The minimum absolute atomic E-state index is 0.0712. The SMILES string of the molecule is CNC1CCCN(c2ccc(C(N)=O)cc2[N+](=O)[O-])C1. The molecule has 0 radical (unpaired) electrons. The molecule has 20 heavy (non-hydrogen) atoms. The predicted octanol–water partition coefficient (Wildman–Crippen LogP) is 0.882. The van der Waals surface area contributed by atoms with Gasteiger partial charge in [-0.1, -0.05) is 0 Å². The van der Waals surface area contributed by atoms with E-state index in [0.29, 0.717) is 18.3 Å². The van der Waals surface area contributed by atoms with Crippen LogP contribution in [0.1, 0.15) is 23.2 Å². The lowest BCUT2D eigenvalue weighted by atomic mass is 10.0. The summed E-state index contributed by atoms with van der Waals surface area (Å²) in [6.45, 7) is 1.49. The number of nitrogens with zero attached hydrogens (tertiary/aromatic N) is 2. The van der Waals surface area contributed by atoms with Crippen molar-refractivity contribution in [3.05, 3.63) is 33.9 Å². The molecule has 1 heterocycles. The summed E-state index contributed by atoms with van der Waals surface area (Å²) in [4.78, 5) is 23.9. The Bertz CT molecular complexity index is 532. The number of amides is 1. The summed E-state index contributed by atoms with van der Waals surface area (Å²) < 4.78 is 0. The van der Waals surface area contributed by atoms with Crippen LogP contribution in [0.25, 0.3) is 0 Å². The van der Waals surface area contributed by atoms with Gasteiger partial charge in [-0.2, -0.15) is 0 Å². The largest absolute Gasteiger partial charge is 0.366 e. The first-order valence-corrected chi connectivity index (χ1v) is 6.53. The standard InChI is InChI=1S/C13H18N4O3/c1-15-10-3-2-6-16(8-10)11-5-4-9(13(14)18)7-12(11)17(19)20/h4-5,7,10,15H,2-3,6,8H2,1H3,(H2,14,18). The van der Waals surface area contributed by atoms with Crippen molar-refractivity contribution in [2.75, 3.05) is 25.0 Å². The molecular weight excluding hydrogens is 260 g/mol. The molecular formula is C13H18N4O3. The Hall–Kier alpha value is -2.15. The van der Waals surface area contributed by atoms with E-state index in [-0.39, 0.29) is 11.3 Å². The quantitative estimate of drug-likeness (QED) is 0.629. The van der Waals surface area contributed by atoms with Crippen molar-refractivity contribution in [2.24, 2.45) is 5.73 Å². The molecule has 0 spiro atoms. The molecule has 0 bridgehead atoms. The third kappa shape index (κ3) is 2.88. The number of hydrogen-bond donors (Lipinski definition) is 2. The second-order valence-electron chi connectivity index (χ2n) is 4.90. The molecule has 1 aromatic rings. The number of carbonyl (C=O) groups is 1. The van der Waals surface area contributed by atoms with Crippen molar-refractivity contribution < 1.29 is 9.72 Å². The number of nitro groups is 1. The number of rotatable bonds is 4. The van der Waals surface area contributed by atoms with Gasteiger partial charge < -0.3 is 16.0 Å². The fraction of sp³-hybridized carbons (Fsp3) is 0.462. The summed E-state index contributed by atoms with van der Waals surface area (Å²) in [6, 6.07) is 4.71. The first-order chi connectivity index (χ1) is 9.52. The molecule has 1 fully saturated rings. The van der Waals surface area contributed by atoms with E-state index in [1.165, 1.54) is 12.1 Å². The van der Waals surface area contributed by atoms with Crippen LogP contribution in [0.3, 0.4) is 0 Å². The van der Waals surface area contributed by atoms with Crippen LogP contribution in [0.15, 0.2) is 18.2 Å². The minimum Gasteiger partial charge on any atom is -0.366 e. The number of hydrogen-bond acceptors (Lipinski definition) is 5. The molecule has 0 saturated carbocycles. The maximum absolute atomic E-state index is 11.2. The van der Waals surface area contributed by atoms with Crippen LogP contribution >= 0.6 is 0 Å². The molecule has 0 aliphatic carbocycles. The van der Waals surface area contributed by atoms with Gasteiger partial charge in [0.05, 0.1) is 4.92 Å². The molecule has 1 saturated heterocycles. The summed E-state index contributed by atoms with van der Waals surface area (Å²) in [7, 11) is 1.89. The van der Waals surface area contributed by atoms with E-state index in [4.69, 9.17) is 5.73 Å². The second kappa shape index (κ2) is 5.87. The van der Waals surface area contributed by atoms with Crippen molar-refractivity contribution >= 4 is 17.3 Å². The molecule has 7 heteroatoms. The number of nitrogens with two attached hydrogens (primary N) is 1. The molecule has 7 nitrogen and oxygen atoms in total. The molecule has 1 unspecified atom stereocenters. The van der Waals surface area contributed by atoms with Crippen LogP contribution < -0.4 is 16.0 Å². The Morgan fingerprint density at radius 1 is 1.55 bits per heavy atom. The van der Waals surface area contributed by atoms with E-state index in [9.17, 15) is 14.9 Å². The summed E-state index contributed by atoms with van der Waals surface area (Å²) in [6.07, 6.45) is 2.03. The molecule has 1 aliphatic heterocycles. The molecule has 1 aromatic carbocycles. The highest BCUT2D eigenvalue weighted by Gasteiger charge is 2.25. The number of primary amides is 1. The Morgan fingerprint density at radius 3 is 2.90 bits per heavy atom. The number of nitrogens with one attached hydrogen (secondary N) is 1. The highest BCUT2D eigenvalue weighted by Crippen LogP contribution is 2.31. The lowest BCUT2D eigenvalue weighted by Crippen LogP contribution is -2.44. The predicted molar refractivity (Wildman–Crippen MR) is 75.9 cm³/mol. The zero-order valence-electron chi connectivity index (χ0n) is 11.3. The maximum atomic E-state index is 11.2. The van der Waals surface area contributed by atoms with Crippen LogP contribution in [-0.4, -0.2) is 37.0 Å². The highest BCUT2D eigenvalue weighted by molar-refractivity contribution is 5.94. The Labute approximate surface area is 116 Å². The molecule has 3 N–H and O–H groups in total. The summed E-state index contributed by atoms with van der Waals surface area (Å²) in [5.41, 5.74) is 5.80. The number of likely N-dealkylation sites (N-methyl/N-ethyl adjacent to an activating group) is 1. The van der Waals surface area contributed by atoms with Crippen LogP contribution in [-0.2, 0) is 0 Å². The smallest absolute Gasteiger partial charge is 0.293 e. The van der Waals surface area contributed by atoms with Crippen LogP contribution in [0.4, 0.5) is 11.4 Å². The molecule has 108 valence electrons. The zero-order valence-corrected chi connectivity index (χ0v) is 11.3. The van der Waals surface area contributed by atoms with E-state index in [2.05, 4.69) is 5.32 Å². The van der Waals surface area contributed by atoms with Gasteiger partial charge in [-0.15, -0.1) is 0 Å². The summed E-state index contributed by atoms with van der Waals surface area (Å²) in [5, 5.41) is 14.4. The van der Waals surface area contributed by atoms with Gasteiger partial charge in [0, 0.05) is 30.8 Å². The van der Waals surface area contributed by atoms with Gasteiger partial charge in [-0.25, -0.2) is 0 Å². The van der Waals surface area contributed by atoms with Crippen LogP contribution in [0, 0.1) is 10.1 Å². The van der Waals surface area contributed by atoms with Gasteiger partial charge >= 0.3 is 0 Å². The fourth-order valence-corrected chi connectivity index (χ4v) is 2.52. The molecule has 1 amide bonds. The van der Waals surface area contributed by atoms with E-state index in [0.717, 1.165) is 19.4 Å². The van der Waals surface area contributed by atoms with Gasteiger partial charge in [0.1, 0.15) is 5.69 Å². The van der Waals surface area contributed by atoms with E-state index in [1.54, 1.807) is 6.07 Å². The van der Waals surface area contributed by atoms with E-state index >= 15 is 0 Å². The fourth-order valence-electron chi connectivity index (χ4n) is 2.52. The average Bonchev–Trinajstić information content (AvgIpc) is 2.46. The van der Waals surface area contributed by atoms with Crippen molar-refractivity contribution in [1.82, 2.24) is 5.32 Å². The number of carbonyl (C=O) groups excluding carboxylic acids is 1. The van der Waals surface area contributed by atoms with Crippen molar-refractivity contribution in [3.63, 3.8) is 0 Å². The molecule has 2 rings (SSSR count). The monoisotopic (exact) mass is 278 g/mol. The first kappa shape index (κ1) is 14.3. The Kier molecular flexibility index (Phi) is 4.19. The third-order valence-corrected chi connectivity index (χ3v) is 3.63. The van der Waals surface area contributed by atoms with Gasteiger partial charge in [0.15, 0.2) is 0 Å².